The van der Waals surface area contributed by atoms with Crippen molar-refractivity contribution in [2.24, 2.45) is 0 Å². The Hall–Kier alpha value is -2.17. The third-order valence-corrected chi connectivity index (χ3v) is 3.23. The van der Waals surface area contributed by atoms with E-state index < -0.39 is 11.8 Å². The molecule has 0 aromatic heterocycles. The maximum Gasteiger partial charge on any atom is 0.267 e. The van der Waals surface area contributed by atoms with Crippen LogP contribution in [-0.2, 0) is 4.79 Å². The lowest BCUT2D eigenvalue weighted by Gasteiger charge is -2.13. The second-order valence-corrected chi connectivity index (χ2v) is 4.97. The number of rotatable bonds is 3. The van der Waals surface area contributed by atoms with E-state index in [9.17, 15) is 14.4 Å². The first-order chi connectivity index (χ1) is 10.0. The molecular formula is C15H9Cl2NO3. The average Bonchev–Trinajstić information content (AvgIpc) is 2.49. The molecule has 0 saturated carbocycles. The summed E-state index contributed by atoms with van der Waals surface area (Å²) in [4.78, 5) is 36.0. The van der Waals surface area contributed by atoms with Crippen molar-refractivity contribution in [3.8, 4) is 0 Å². The molecule has 4 nitrogen and oxygen atoms in total. The van der Waals surface area contributed by atoms with E-state index >= 15 is 0 Å². The van der Waals surface area contributed by atoms with Crippen molar-refractivity contribution in [2.75, 3.05) is 0 Å². The number of halogens is 2. The van der Waals surface area contributed by atoms with Crippen molar-refractivity contribution >= 4 is 41.4 Å². The van der Waals surface area contributed by atoms with E-state index in [4.69, 9.17) is 23.2 Å². The summed E-state index contributed by atoms with van der Waals surface area (Å²) < 4.78 is 0. The molecule has 0 saturated heterocycles. The minimum atomic E-state index is -0.721. The minimum Gasteiger partial charge on any atom is -0.278 e. The number of carbonyl (C=O) groups excluding carboxylic acids is 3. The van der Waals surface area contributed by atoms with Crippen LogP contribution in [0.25, 0.3) is 0 Å². The van der Waals surface area contributed by atoms with Crippen LogP contribution in [0, 0.1) is 0 Å². The molecule has 2 rings (SSSR count). The topological polar surface area (TPSA) is 54.5 Å². The van der Waals surface area contributed by atoms with Gasteiger partial charge in [0.05, 0.1) is 0 Å². The standard InChI is InChI=1S/C15H9Cl2NO3/c16-12-5-1-10(2-6-12)14(20)18(9-19)15(21)11-3-7-13(17)8-4-11/h1-9H. The van der Waals surface area contributed by atoms with Crippen molar-refractivity contribution in [3.63, 3.8) is 0 Å². The zero-order valence-corrected chi connectivity index (χ0v) is 12.1. The van der Waals surface area contributed by atoms with Gasteiger partial charge in [0.2, 0.25) is 6.41 Å². The first-order valence-electron chi connectivity index (χ1n) is 5.87. The van der Waals surface area contributed by atoms with Crippen molar-refractivity contribution in [2.45, 2.75) is 0 Å². The smallest absolute Gasteiger partial charge is 0.267 e. The lowest BCUT2D eigenvalue weighted by molar-refractivity contribution is -0.114. The zero-order chi connectivity index (χ0) is 15.4. The van der Waals surface area contributed by atoms with Gasteiger partial charge < -0.3 is 0 Å². The highest BCUT2D eigenvalue weighted by Crippen LogP contribution is 2.14. The van der Waals surface area contributed by atoms with Crippen LogP contribution in [-0.4, -0.2) is 23.1 Å². The third-order valence-electron chi connectivity index (χ3n) is 2.73. The first-order valence-corrected chi connectivity index (χ1v) is 6.63. The molecule has 3 amide bonds. The number of hydrogen-bond donors (Lipinski definition) is 0. The molecule has 0 unspecified atom stereocenters. The molecule has 0 aliphatic rings. The van der Waals surface area contributed by atoms with Crippen LogP contribution in [0.3, 0.4) is 0 Å². The molecular weight excluding hydrogens is 313 g/mol. The fraction of sp³-hybridized carbons (Fsp3) is 0. The first kappa shape index (κ1) is 15.2. The van der Waals surface area contributed by atoms with E-state index in [1.165, 1.54) is 48.5 Å². The molecule has 2 aromatic rings. The molecule has 0 aliphatic heterocycles. The monoisotopic (exact) mass is 321 g/mol. The largest absolute Gasteiger partial charge is 0.278 e. The molecule has 0 bridgehead atoms. The normalized spacial score (nSPS) is 10.0. The highest BCUT2D eigenvalue weighted by Gasteiger charge is 2.23. The van der Waals surface area contributed by atoms with Crippen molar-refractivity contribution in [1.29, 1.82) is 0 Å². The van der Waals surface area contributed by atoms with Crippen LogP contribution in [0.15, 0.2) is 48.5 Å². The second kappa shape index (κ2) is 6.52. The fourth-order valence-electron chi connectivity index (χ4n) is 1.65. The van der Waals surface area contributed by atoms with Gasteiger partial charge >= 0.3 is 0 Å². The number of amides is 3. The van der Waals surface area contributed by atoms with Crippen LogP contribution in [0.4, 0.5) is 0 Å². The number of carbonyl (C=O) groups is 3. The predicted octanol–water partition coefficient (Wildman–Crippen LogP) is 3.43. The van der Waals surface area contributed by atoms with Crippen molar-refractivity contribution < 1.29 is 14.4 Å². The molecule has 0 N–H and O–H groups in total. The summed E-state index contributed by atoms with van der Waals surface area (Å²) in [5.41, 5.74) is 0.377. The predicted molar refractivity (Wildman–Crippen MR) is 79.5 cm³/mol. The number of hydrogen-bond acceptors (Lipinski definition) is 3. The number of imide groups is 3. The van der Waals surface area contributed by atoms with Gasteiger partial charge in [-0.3, -0.25) is 14.4 Å². The third kappa shape index (κ3) is 3.48. The zero-order valence-electron chi connectivity index (χ0n) is 10.6. The van der Waals surface area contributed by atoms with E-state index in [1.807, 2.05) is 0 Å². The lowest BCUT2D eigenvalue weighted by atomic mass is 10.1. The Labute approximate surface area is 130 Å². The van der Waals surface area contributed by atoms with Gasteiger partial charge in [-0.2, -0.15) is 0 Å². The summed E-state index contributed by atoms with van der Waals surface area (Å²) in [7, 11) is 0. The van der Waals surface area contributed by atoms with Gasteiger partial charge in [0.25, 0.3) is 11.8 Å². The Kier molecular flexibility index (Phi) is 4.73. The summed E-state index contributed by atoms with van der Waals surface area (Å²) in [5.74, 6) is -1.44. The molecule has 0 fully saturated rings. The number of nitrogens with zero attached hydrogens (tertiary/aromatic N) is 1. The second-order valence-electron chi connectivity index (χ2n) is 4.10. The maximum atomic E-state index is 12.2. The summed E-state index contributed by atoms with van der Waals surface area (Å²) in [6.45, 7) is 0. The highest BCUT2D eigenvalue weighted by atomic mass is 35.5. The molecule has 21 heavy (non-hydrogen) atoms. The quantitative estimate of drug-likeness (QED) is 0.642. The van der Waals surface area contributed by atoms with E-state index in [0.29, 0.717) is 14.9 Å². The van der Waals surface area contributed by atoms with Gasteiger partial charge in [0, 0.05) is 21.2 Å². The summed E-state index contributed by atoms with van der Waals surface area (Å²) in [6.07, 6.45) is 0.188. The molecule has 0 aliphatic carbocycles. The molecule has 0 spiro atoms. The minimum absolute atomic E-state index is 0.188. The van der Waals surface area contributed by atoms with Crippen LogP contribution in [0.1, 0.15) is 20.7 Å². The van der Waals surface area contributed by atoms with Gasteiger partial charge in [0.15, 0.2) is 0 Å². The lowest BCUT2D eigenvalue weighted by Crippen LogP contribution is -2.35. The molecule has 0 radical (unpaired) electrons. The Morgan fingerprint density at radius 1 is 0.762 bits per heavy atom. The van der Waals surface area contributed by atoms with E-state index in [0.717, 1.165) is 0 Å². The molecule has 0 atom stereocenters. The Morgan fingerprint density at radius 2 is 1.10 bits per heavy atom. The summed E-state index contributed by atoms with van der Waals surface area (Å²) >= 11 is 11.5. The van der Waals surface area contributed by atoms with Crippen molar-refractivity contribution in [1.82, 2.24) is 4.90 Å². The Balaban J connectivity index is 2.28. The van der Waals surface area contributed by atoms with Crippen LogP contribution in [0.2, 0.25) is 10.0 Å². The molecule has 106 valence electrons. The molecule has 2 aromatic carbocycles. The van der Waals surface area contributed by atoms with Crippen LogP contribution >= 0.6 is 23.2 Å². The average molecular weight is 322 g/mol. The SMILES string of the molecule is O=CN(C(=O)c1ccc(Cl)cc1)C(=O)c1ccc(Cl)cc1. The van der Waals surface area contributed by atoms with Gasteiger partial charge in [0.1, 0.15) is 0 Å². The van der Waals surface area contributed by atoms with Gasteiger partial charge in [-0.1, -0.05) is 23.2 Å². The fourth-order valence-corrected chi connectivity index (χ4v) is 1.90. The van der Waals surface area contributed by atoms with Gasteiger partial charge in [-0.05, 0) is 48.5 Å². The van der Waals surface area contributed by atoms with E-state index in [-0.39, 0.29) is 17.5 Å². The van der Waals surface area contributed by atoms with Crippen LogP contribution < -0.4 is 0 Å². The Morgan fingerprint density at radius 3 is 1.38 bits per heavy atom. The van der Waals surface area contributed by atoms with Crippen LogP contribution in [0.5, 0.6) is 0 Å². The maximum absolute atomic E-state index is 12.2. The van der Waals surface area contributed by atoms with Gasteiger partial charge in [-0.25, -0.2) is 4.90 Å². The molecule has 6 heteroatoms. The summed E-state index contributed by atoms with van der Waals surface area (Å²) in [6, 6.07) is 11.8. The van der Waals surface area contributed by atoms with E-state index in [1.54, 1.807) is 0 Å². The van der Waals surface area contributed by atoms with Gasteiger partial charge in [-0.15, -0.1) is 0 Å². The highest BCUT2D eigenvalue weighted by molar-refractivity contribution is 6.31. The van der Waals surface area contributed by atoms with Crippen molar-refractivity contribution in [3.05, 3.63) is 69.7 Å². The molecule has 0 heterocycles. The number of benzene rings is 2. The Bertz CT molecular complexity index is 624. The van der Waals surface area contributed by atoms with E-state index in [2.05, 4.69) is 0 Å². The summed E-state index contributed by atoms with van der Waals surface area (Å²) in [5, 5.41) is 0.904.